The van der Waals surface area contributed by atoms with Crippen molar-refractivity contribution >= 4 is 40.2 Å². The van der Waals surface area contributed by atoms with Crippen molar-refractivity contribution in [3.05, 3.63) is 63.4 Å². The highest BCUT2D eigenvalue weighted by Crippen LogP contribution is 2.26. The number of halogens is 1. The van der Waals surface area contributed by atoms with E-state index in [1.54, 1.807) is 28.8 Å². The van der Waals surface area contributed by atoms with Crippen LogP contribution in [0.2, 0.25) is 5.02 Å². The van der Waals surface area contributed by atoms with Crippen LogP contribution in [0.15, 0.2) is 52.4 Å². The van der Waals surface area contributed by atoms with Crippen molar-refractivity contribution in [2.75, 3.05) is 5.75 Å². The van der Waals surface area contributed by atoms with Crippen molar-refractivity contribution < 1.29 is 4.79 Å². The Hall–Kier alpha value is -2.31. The fraction of sp³-hybridized carbons (Fsp3) is 0.318. The lowest BCUT2D eigenvalue weighted by atomic mass is 10.1. The molecule has 0 radical (unpaired) electrons. The highest BCUT2D eigenvalue weighted by molar-refractivity contribution is 7.99. The first-order valence-corrected chi connectivity index (χ1v) is 10.9. The minimum absolute atomic E-state index is 0.0741. The van der Waals surface area contributed by atoms with Gasteiger partial charge >= 0.3 is 0 Å². The quantitative estimate of drug-likeness (QED) is 0.459. The molecule has 0 spiro atoms. The predicted octanol–water partition coefficient (Wildman–Crippen LogP) is 4.60. The van der Waals surface area contributed by atoms with Gasteiger partial charge in [0.1, 0.15) is 0 Å². The van der Waals surface area contributed by atoms with E-state index in [4.69, 9.17) is 11.6 Å². The lowest BCUT2D eigenvalue weighted by Gasteiger charge is -2.18. The Morgan fingerprint density at radius 2 is 1.90 bits per heavy atom. The molecule has 0 aliphatic carbocycles. The Bertz CT molecular complexity index is 1110. The maximum atomic E-state index is 13.3. The van der Waals surface area contributed by atoms with Gasteiger partial charge in [-0.2, -0.15) is 0 Å². The number of hydrogen-bond acceptors (Lipinski definition) is 4. The average molecular weight is 430 g/mol. The standard InChI is InChI=1S/C22H24ClN3O2S/c1-13(2)15(4)24-20(27)12-29-22-25-18-10-6-5-8-16(18)21(28)26(22)19-11-7-9-17(23)14(19)3/h5-11,13,15H,12H2,1-4H3,(H,24,27). The largest absolute Gasteiger partial charge is 0.353 e. The van der Waals surface area contributed by atoms with Crippen LogP contribution in [0.5, 0.6) is 0 Å². The van der Waals surface area contributed by atoms with Crippen LogP contribution in [0.25, 0.3) is 16.6 Å². The Labute approximate surface area is 179 Å². The lowest BCUT2D eigenvalue weighted by molar-refractivity contribution is -0.119. The van der Waals surface area contributed by atoms with Gasteiger partial charge in [-0.1, -0.05) is 55.4 Å². The van der Waals surface area contributed by atoms with Crippen molar-refractivity contribution in [3.8, 4) is 5.69 Å². The van der Waals surface area contributed by atoms with Crippen molar-refractivity contribution in [1.29, 1.82) is 0 Å². The van der Waals surface area contributed by atoms with Crippen LogP contribution < -0.4 is 10.9 Å². The van der Waals surface area contributed by atoms with Crippen molar-refractivity contribution in [2.45, 2.75) is 38.9 Å². The van der Waals surface area contributed by atoms with Crippen molar-refractivity contribution in [1.82, 2.24) is 14.9 Å². The summed E-state index contributed by atoms with van der Waals surface area (Å²) in [5, 5.41) is 4.54. The van der Waals surface area contributed by atoms with Gasteiger partial charge in [0.2, 0.25) is 5.91 Å². The summed E-state index contributed by atoms with van der Waals surface area (Å²) in [5.74, 6) is 0.421. The molecule has 2 aromatic carbocycles. The number of amides is 1. The maximum absolute atomic E-state index is 13.3. The molecule has 152 valence electrons. The number of aromatic nitrogens is 2. The lowest BCUT2D eigenvalue weighted by Crippen LogP contribution is -2.37. The molecule has 3 rings (SSSR count). The summed E-state index contributed by atoms with van der Waals surface area (Å²) < 4.78 is 1.55. The molecule has 1 aromatic heterocycles. The molecule has 1 unspecified atom stereocenters. The Morgan fingerprint density at radius 1 is 1.17 bits per heavy atom. The number of nitrogens with zero attached hydrogens (tertiary/aromatic N) is 2. The first-order chi connectivity index (χ1) is 13.8. The van der Waals surface area contributed by atoms with Gasteiger partial charge in [-0.3, -0.25) is 14.2 Å². The molecular formula is C22H24ClN3O2S. The molecule has 0 bridgehead atoms. The third-order valence-electron chi connectivity index (χ3n) is 4.95. The molecule has 0 aliphatic rings. The minimum atomic E-state index is -0.181. The predicted molar refractivity (Wildman–Crippen MR) is 120 cm³/mol. The highest BCUT2D eigenvalue weighted by Gasteiger charge is 2.18. The molecule has 1 atom stereocenters. The van der Waals surface area contributed by atoms with Gasteiger partial charge < -0.3 is 5.32 Å². The topological polar surface area (TPSA) is 64.0 Å². The fourth-order valence-electron chi connectivity index (χ4n) is 2.85. The van der Waals surface area contributed by atoms with E-state index in [1.165, 1.54) is 11.8 Å². The van der Waals surface area contributed by atoms with Crippen LogP contribution in [-0.4, -0.2) is 27.3 Å². The molecular weight excluding hydrogens is 406 g/mol. The number of para-hydroxylation sites is 1. The molecule has 7 heteroatoms. The van der Waals surface area contributed by atoms with Crippen LogP contribution in [-0.2, 0) is 4.79 Å². The first kappa shape index (κ1) is 21.4. The average Bonchev–Trinajstić information content (AvgIpc) is 2.69. The van der Waals surface area contributed by atoms with E-state index >= 15 is 0 Å². The van der Waals surface area contributed by atoms with E-state index in [1.807, 2.05) is 32.0 Å². The molecule has 1 N–H and O–H groups in total. The number of carbonyl (C=O) groups is 1. The number of hydrogen-bond donors (Lipinski definition) is 1. The van der Waals surface area contributed by atoms with Gasteiger partial charge in [-0.05, 0) is 49.6 Å². The second kappa shape index (κ2) is 9.01. The number of benzene rings is 2. The molecule has 1 heterocycles. The van der Waals surface area contributed by atoms with Gasteiger partial charge in [0.05, 0.1) is 22.3 Å². The molecule has 0 aliphatic heterocycles. The fourth-order valence-corrected chi connectivity index (χ4v) is 3.84. The molecule has 0 fully saturated rings. The normalized spacial score (nSPS) is 12.3. The second-order valence-corrected chi connectivity index (χ2v) is 8.67. The number of carbonyl (C=O) groups excluding carboxylic acids is 1. The summed E-state index contributed by atoms with van der Waals surface area (Å²) in [6, 6.07) is 12.7. The van der Waals surface area contributed by atoms with Gasteiger partial charge in [0.15, 0.2) is 5.16 Å². The van der Waals surface area contributed by atoms with Crippen LogP contribution in [0, 0.1) is 12.8 Å². The van der Waals surface area contributed by atoms with Crippen LogP contribution in [0.1, 0.15) is 26.3 Å². The van der Waals surface area contributed by atoms with E-state index in [9.17, 15) is 9.59 Å². The molecule has 1 amide bonds. The van der Waals surface area contributed by atoms with Gasteiger partial charge in [-0.25, -0.2) is 4.98 Å². The van der Waals surface area contributed by atoms with E-state index in [0.717, 1.165) is 5.56 Å². The molecule has 0 saturated heterocycles. The summed E-state index contributed by atoms with van der Waals surface area (Å²) in [4.78, 5) is 30.3. The summed E-state index contributed by atoms with van der Waals surface area (Å²) in [7, 11) is 0. The Balaban J connectivity index is 2.05. The molecule has 3 aromatic rings. The van der Waals surface area contributed by atoms with E-state index in [-0.39, 0.29) is 23.3 Å². The number of rotatable bonds is 6. The number of nitrogens with one attached hydrogen (secondary N) is 1. The summed E-state index contributed by atoms with van der Waals surface area (Å²) in [6.07, 6.45) is 0. The maximum Gasteiger partial charge on any atom is 0.266 e. The summed E-state index contributed by atoms with van der Waals surface area (Å²) in [5.41, 5.74) is 1.87. The Morgan fingerprint density at radius 3 is 2.62 bits per heavy atom. The minimum Gasteiger partial charge on any atom is -0.353 e. The zero-order chi connectivity index (χ0) is 21.1. The van der Waals surface area contributed by atoms with Gasteiger partial charge in [-0.15, -0.1) is 0 Å². The Kier molecular flexibility index (Phi) is 6.65. The van der Waals surface area contributed by atoms with Gasteiger partial charge in [0.25, 0.3) is 5.56 Å². The SMILES string of the molecule is Cc1c(Cl)cccc1-n1c(SCC(=O)NC(C)C(C)C)nc2ccccc2c1=O. The zero-order valence-corrected chi connectivity index (χ0v) is 18.5. The first-order valence-electron chi connectivity index (χ1n) is 9.49. The summed E-state index contributed by atoms with van der Waals surface area (Å²) in [6.45, 7) is 7.96. The molecule has 29 heavy (non-hydrogen) atoms. The summed E-state index contributed by atoms with van der Waals surface area (Å²) >= 11 is 7.54. The highest BCUT2D eigenvalue weighted by atomic mass is 35.5. The van der Waals surface area contributed by atoms with Crippen molar-refractivity contribution in [2.24, 2.45) is 5.92 Å². The van der Waals surface area contributed by atoms with Gasteiger partial charge in [0, 0.05) is 11.1 Å². The van der Waals surface area contributed by atoms with E-state index in [2.05, 4.69) is 24.1 Å². The van der Waals surface area contributed by atoms with E-state index < -0.39 is 0 Å². The van der Waals surface area contributed by atoms with Crippen LogP contribution in [0.4, 0.5) is 0 Å². The second-order valence-electron chi connectivity index (χ2n) is 7.32. The number of fused-ring (bicyclic) bond motifs is 1. The van der Waals surface area contributed by atoms with Crippen LogP contribution >= 0.6 is 23.4 Å². The molecule has 0 saturated carbocycles. The number of thioether (sulfide) groups is 1. The van der Waals surface area contributed by atoms with Crippen LogP contribution in [0.3, 0.4) is 0 Å². The zero-order valence-electron chi connectivity index (χ0n) is 16.9. The third kappa shape index (κ3) is 4.65. The molecule has 5 nitrogen and oxygen atoms in total. The smallest absolute Gasteiger partial charge is 0.266 e. The van der Waals surface area contributed by atoms with E-state index in [0.29, 0.717) is 32.7 Å². The van der Waals surface area contributed by atoms with Crippen molar-refractivity contribution in [3.63, 3.8) is 0 Å². The third-order valence-corrected chi connectivity index (χ3v) is 6.29. The monoisotopic (exact) mass is 429 g/mol.